The first-order valence-corrected chi connectivity index (χ1v) is 7.40. The van der Waals surface area contributed by atoms with Gasteiger partial charge in [-0.2, -0.15) is 5.26 Å². The molecule has 0 radical (unpaired) electrons. The first kappa shape index (κ1) is 18.6. The van der Waals surface area contributed by atoms with Crippen molar-refractivity contribution in [2.75, 3.05) is 13.7 Å². The summed E-state index contributed by atoms with van der Waals surface area (Å²) in [5.41, 5.74) is 0.524. The van der Waals surface area contributed by atoms with Crippen molar-refractivity contribution in [1.29, 1.82) is 5.26 Å². The second kappa shape index (κ2) is 9.48. The van der Waals surface area contributed by atoms with Crippen LogP contribution < -0.4 is 5.09 Å². The second-order valence-electron chi connectivity index (χ2n) is 3.23. The van der Waals surface area contributed by atoms with Crippen molar-refractivity contribution < 1.29 is 19.2 Å². The van der Waals surface area contributed by atoms with Gasteiger partial charge in [0.25, 0.3) is 0 Å². The lowest BCUT2D eigenvalue weighted by Crippen LogP contribution is -2.04. The van der Waals surface area contributed by atoms with Crippen LogP contribution in [0.4, 0.5) is 0 Å². The highest BCUT2D eigenvalue weighted by Gasteiger charge is 2.12. The number of oxime groups is 1. The molecular formula is C11H15ClN3O4P. The highest BCUT2D eigenvalue weighted by atomic mass is 35.5. The highest BCUT2D eigenvalue weighted by Crippen LogP contribution is 2.34. The first-order chi connectivity index (χ1) is 9.40. The topological polar surface area (TPSA) is 115 Å². The molecule has 0 saturated carbocycles. The standard InChI is InChI=1S/C8H5ClN2O.C3H10NO3P/c9-7-3-1-6(2-4-7)8(5-10)11-12;1-3-7-8(5,6)4-2/h1-4,12H;3H2,1-2H3,(H2,4,5,6)/b11-8-;. The summed E-state index contributed by atoms with van der Waals surface area (Å²) in [7, 11) is -2.05. The molecule has 0 bridgehead atoms. The average Bonchev–Trinajstić information content (AvgIpc) is 2.43. The van der Waals surface area contributed by atoms with Gasteiger partial charge in [0, 0.05) is 10.6 Å². The van der Waals surface area contributed by atoms with Crippen molar-refractivity contribution in [3.8, 4) is 6.07 Å². The fourth-order valence-corrected chi connectivity index (χ4v) is 1.60. The van der Waals surface area contributed by atoms with Crippen LogP contribution in [0, 0.1) is 11.3 Å². The number of benzene rings is 1. The van der Waals surface area contributed by atoms with Crippen LogP contribution in [0.25, 0.3) is 0 Å². The zero-order valence-corrected chi connectivity index (χ0v) is 12.6. The molecule has 1 aromatic rings. The molecule has 0 aliphatic carbocycles. The van der Waals surface area contributed by atoms with Gasteiger partial charge in [-0.3, -0.25) is 4.52 Å². The maximum absolute atomic E-state index is 10.4. The van der Waals surface area contributed by atoms with Crippen molar-refractivity contribution in [3.63, 3.8) is 0 Å². The van der Waals surface area contributed by atoms with E-state index >= 15 is 0 Å². The second-order valence-corrected chi connectivity index (χ2v) is 5.41. The Balaban J connectivity index is 0.000000396. The van der Waals surface area contributed by atoms with E-state index < -0.39 is 7.75 Å². The predicted octanol–water partition coefficient (Wildman–Crippen LogP) is 2.38. The summed E-state index contributed by atoms with van der Waals surface area (Å²) in [6.07, 6.45) is 0. The molecule has 110 valence electrons. The molecule has 0 heterocycles. The number of nitrogens with one attached hydrogen (secondary N) is 1. The van der Waals surface area contributed by atoms with E-state index in [-0.39, 0.29) is 12.3 Å². The van der Waals surface area contributed by atoms with E-state index in [1.54, 1.807) is 37.3 Å². The molecule has 1 rings (SSSR count). The monoisotopic (exact) mass is 319 g/mol. The van der Waals surface area contributed by atoms with Crippen molar-refractivity contribution in [2.45, 2.75) is 6.92 Å². The minimum absolute atomic E-state index is 0.0216. The average molecular weight is 320 g/mol. The summed E-state index contributed by atoms with van der Waals surface area (Å²) in [5, 5.41) is 22.4. The Bertz CT molecular complexity index is 527. The normalized spacial score (nSPS) is 13.7. The molecule has 7 nitrogen and oxygen atoms in total. The van der Waals surface area contributed by atoms with Gasteiger partial charge in [0.2, 0.25) is 0 Å². The Morgan fingerprint density at radius 3 is 2.40 bits per heavy atom. The third-order valence-electron chi connectivity index (χ3n) is 1.91. The zero-order valence-electron chi connectivity index (χ0n) is 10.9. The molecule has 1 atom stereocenters. The van der Waals surface area contributed by atoms with Crippen LogP contribution in [0.15, 0.2) is 29.4 Å². The number of halogens is 1. The quantitative estimate of drug-likeness (QED) is 0.340. The van der Waals surface area contributed by atoms with E-state index in [9.17, 15) is 4.57 Å². The number of hydrogen-bond acceptors (Lipinski definition) is 5. The van der Waals surface area contributed by atoms with Crippen LogP contribution >= 0.6 is 19.3 Å². The maximum atomic E-state index is 10.4. The van der Waals surface area contributed by atoms with Crippen LogP contribution in [0.2, 0.25) is 5.02 Å². The molecule has 3 N–H and O–H groups in total. The number of nitriles is 1. The fourth-order valence-electron chi connectivity index (χ4n) is 0.992. The van der Waals surface area contributed by atoms with E-state index in [2.05, 4.69) is 14.8 Å². The lowest BCUT2D eigenvalue weighted by atomic mass is 10.1. The molecule has 0 amide bonds. The minimum atomic E-state index is -3.42. The zero-order chi connectivity index (χ0) is 15.6. The number of hydrogen-bond donors (Lipinski definition) is 3. The van der Waals surface area contributed by atoms with Crippen LogP contribution in [0.3, 0.4) is 0 Å². The largest absolute Gasteiger partial charge is 0.410 e. The predicted molar refractivity (Wildman–Crippen MR) is 75.9 cm³/mol. The molecule has 0 spiro atoms. The highest BCUT2D eigenvalue weighted by molar-refractivity contribution is 7.50. The van der Waals surface area contributed by atoms with Gasteiger partial charge in [0.1, 0.15) is 6.07 Å². The molecule has 1 aromatic carbocycles. The van der Waals surface area contributed by atoms with Crippen molar-refractivity contribution in [3.05, 3.63) is 34.9 Å². The van der Waals surface area contributed by atoms with Gasteiger partial charge in [0.05, 0.1) is 6.61 Å². The van der Waals surface area contributed by atoms with Crippen molar-refractivity contribution in [1.82, 2.24) is 5.09 Å². The van der Waals surface area contributed by atoms with Gasteiger partial charge >= 0.3 is 7.75 Å². The fraction of sp³-hybridized carbons (Fsp3) is 0.273. The third kappa shape index (κ3) is 7.24. The van der Waals surface area contributed by atoms with Crippen LogP contribution in [-0.2, 0) is 9.09 Å². The molecule has 1 unspecified atom stereocenters. The van der Waals surface area contributed by atoms with Crippen LogP contribution in [0.5, 0.6) is 0 Å². The SMILES string of the molecule is CCOP(=O)(O)NC.N#C/C(=N/O)c1ccc(Cl)cc1. The minimum Gasteiger partial charge on any atom is -0.410 e. The summed E-state index contributed by atoms with van der Waals surface area (Å²) in [5.74, 6) is 0. The lowest BCUT2D eigenvalue weighted by Gasteiger charge is -2.06. The summed E-state index contributed by atoms with van der Waals surface area (Å²) in [4.78, 5) is 8.55. The molecular weight excluding hydrogens is 305 g/mol. The smallest absolute Gasteiger partial charge is 0.402 e. The van der Waals surface area contributed by atoms with Crippen LogP contribution in [0.1, 0.15) is 12.5 Å². The van der Waals surface area contributed by atoms with Crippen molar-refractivity contribution in [2.24, 2.45) is 5.16 Å². The molecule has 0 saturated heterocycles. The Labute approximate surface area is 122 Å². The molecule has 20 heavy (non-hydrogen) atoms. The summed E-state index contributed by atoms with van der Waals surface area (Å²) in [6.45, 7) is 1.90. The van der Waals surface area contributed by atoms with Gasteiger partial charge in [-0.05, 0) is 26.1 Å². The molecule has 0 aliphatic heterocycles. The van der Waals surface area contributed by atoms with Gasteiger partial charge < -0.3 is 10.1 Å². The van der Waals surface area contributed by atoms with Crippen LogP contribution in [-0.4, -0.2) is 29.5 Å². The number of rotatable bonds is 4. The maximum Gasteiger partial charge on any atom is 0.402 e. The Hall–Kier alpha value is -1.42. The molecule has 9 heteroatoms. The molecule has 0 aliphatic rings. The number of nitrogens with zero attached hydrogens (tertiary/aromatic N) is 2. The van der Waals surface area contributed by atoms with Gasteiger partial charge in [-0.1, -0.05) is 28.9 Å². The summed E-state index contributed by atoms with van der Waals surface area (Å²) >= 11 is 5.62. The van der Waals surface area contributed by atoms with Gasteiger partial charge in [-0.25, -0.2) is 9.65 Å². The van der Waals surface area contributed by atoms with E-state index in [4.69, 9.17) is 27.0 Å². The van der Waals surface area contributed by atoms with Gasteiger partial charge in [-0.15, -0.1) is 0 Å². The van der Waals surface area contributed by atoms with E-state index in [0.29, 0.717) is 10.6 Å². The van der Waals surface area contributed by atoms with E-state index in [0.717, 1.165) is 0 Å². The summed E-state index contributed by atoms with van der Waals surface area (Å²) < 4.78 is 14.8. The Morgan fingerprint density at radius 2 is 2.10 bits per heavy atom. The molecule has 0 aromatic heterocycles. The third-order valence-corrected chi connectivity index (χ3v) is 3.34. The Morgan fingerprint density at radius 1 is 1.55 bits per heavy atom. The van der Waals surface area contributed by atoms with E-state index in [1.165, 1.54) is 7.05 Å². The Kier molecular flexibility index (Phi) is 8.81. The molecule has 0 fully saturated rings. The van der Waals surface area contributed by atoms with Gasteiger partial charge in [0.15, 0.2) is 5.71 Å². The lowest BCUT2D eigenvalue weighted by molar-refractivity contribution is 0.266. The first-order valence-electron chi connectivity index (χ1n) is 5.44. The van der Waals surface area contributed by atoms with Crippen molar-refractivity contribution >= 4 is 25.1 Å². The van der Waals surface area contributed by atoms with E-state index in [1.807, 2.05) is 0 Å². The summed E-state index contributed by atoms with van der Waals surface area (Å²) in [6, 6.07) is 8.22.